The number of likely N-dealkylation sites (tertiary alicyclic amines) is 1. The Balaban J connectivity index is 1.23. The molecule has 1 aromatic heterocycles. The van der Waals surface area contributed by atoms with Gasteiger partial charge in [0.1, 0.15) is 12.0 Å². The summed E-state index contributed by atoms with van der Waals surface area (Å²) in [6.07, 6.45) is 0.704. The lowest BCUT2D eigenvalue weighted by Gasteiger charge is -2.30. The van der Waals surface area contributed by atoms with Gasteiger partial charge in [-0.05, 0) is 56.4 Å². The molecule has 0 bridgehead atoms. The van der Waals surface area contributed by atoms with Crippen LogP contribution in [0.15, 0.2) is 36.4 Å². The zero-order valence-electron chi connectivity index (χ0n) is 23.5. The van der Waals surface area contributed by atoms with Crippen LogP contribution < -0.4 is 5.32 Å². The monoisotopic (exact) mass is 601 g/mol. The maximum Gasteiger partial charge on any atom is 0.306 e. The molecule has 2 fully saturated rings. The minimum absolute atomic E-state index is 0.0401. The van der Waals surface area contributed by atoms with E-state index in [-0.39, 0.29) is 54.3 Å². The van der Waals surface area contributed by atoms with E-state index in [0.717, 1.165) is 22.7 Å². The Morgan fingerprint density at radius 3 is 2.57 bits per heavy atom. The van der Waals surface area contributed by atoms with E-state index in [1.165, 1.54) is 11.0 Å². The number of hydrogen-bond donors (Lipinski definition) is 2. The molecule has 2 aliphatic rings. The molecule has 3 aromatic rings. The number of fused-ring (bicyclic) bond motifs is 1. The van der Waals surface area contributed by atoms with Crippen LogP contribution >= 0.6 is 11.6 Å². The topological polar surface area (TPSA) is 101 Å². The smallest absolute Gasteiger partial charge is 0.306 e. The molecular weight excluding hydrogens is 568 g/mol. The second-order valence-corrected chi connectivity index (χ2v) is 11.7. The molecular formula is C31H34ClF2N3O5. The van der Waals surface area contributed by atoms with Gasteiger partial charge in [-0.2, -0.15) is 0 Å². The molecule has 2 amide bonds. The third kappa shape index (κ3) is 6.15. The van der Waals surface area contributed by atoms with Crippen LogP contribution in [0, 0.1) is 18.7 Å². The minimum atomic E-state index is -1.21. The lowest BCUT2D eigenvalue weighted by atomic mass is 9.87. The number of rotatable bonds is 8. The molecule has 42 heavy (non-hydrogen) atoms. The largest absolute Gasteiger partial charge is 0.481 e. The van der Waals surface area contributed by atoms with Crippen LogP contribution in [0.25, 0.3) is 10.9 Å². The summed E-state index contributed by atoms with van der Waals surface area (Å²) >= 11 is 6.43. The van der Waals surface area contributed by atoms with E-state index in [2.05, 4.69) is 5.32 Å². The molecule has 1 aliphatic carbocycles. The predicted molar refractivity (Wildman–Crippen MR) is 155 cm³/mol. The van der Waals surface area contributed by atoms with E-state index >= 15 is 4.39 Å². The molecule has 11 heteroatoms. The molecule has 8 nitrogen and oxygen atoms in total. The van der Waals surface area contributed by atoms with E-state index in [9.17, 15) is 23.9 Å². The maximum atomic E-state index is 15.2. The summed E-state index contributed by atoms with van der Waals surface area (Å²) in [6.45, 7) is 1.86. The molecule has 0 spiro atoms. The first-order valence-corrected chi connectivity index (χ1v) is 14.5. The average molecular weight is 602 g/mol. The molecule has 1 saturated carbocycles. The summed E-state index contributed by atoms with van der Waals surface area (Å²) < 4.78 is 37.4. The fraction of sp³-hybridized carbons (Fsp3) is 0.452. The minimum Gasteiger partial charge on any atom is -0.481 e. The van der Waals surface area contributed by atoms with Crippen molar-refractivity contribution in [1.29, 1.82) is 0 Å². The second-order valence-electron chi connectivity index (χ2n) is 11.3. The van der Waals surface area contributed by atoms with Gasteiger partial charge in [0.05, 0.1) is 53.9 Å². The third-order valence-electron chi connectivity index (χ3n) is 8.58. The first kappa shape index (κ1) is 30.0. The number of halogens is 3. The zero-order valence-corrected chi connectivity index (χ0v) is 24.3. The van der Waals surface area contributed by atoms with E-state index in [1.807, 2.05) is 42.8 Å². The van der Waals surface area contributed by atoms with Crippen molar-refractivity contribution in [3.8, 4) is 0 Å². The van der Waals surface area contributed by atoms with Crippen LogP contribution in [-0.4, -0.2) is 63.8 Å². The Labute approximate surface area is 247 Å². The zero-order chi connectivity index (χ0) is 30.1. The van der Waals surface area contributed by atoms with Crippen molar-refractivity contribution in [2.24, 2.45) is 13.0 Å². The van der Waals surface area contributed by atoms with Gasteiger partial charge < -0.3 is 24.6 Å². The van der Waals surface area contributed by atoms with Crippen molar-refractivity contribution in [3.05, 3.63) is 64.1 Å². The number of carboxylic acid groups (broad SMARTS) is 1. The highest BCUT2D eigenvalue weighted by Gasteiger charge is 2.37. The van der Waals surface area contributed by atoms with Crippen LogP contribution in [0.4, 0.5) is 14.5 Å². The van der Waals surface area contributed by atoms with Gasteiger partial charge in [-0.25, -0.2) is 8.78 Å². The number of anilines is 1. The predicted octanol–water partition coefficient (Wildman–Crippen LogP) is 5.67. The van der Waals surface area contributed by atoms with E-state index in [4.69, 9.17) is 16.3 Å². The number of alkyl halides is 1. The first-order valence-electron chi connectivity index (χ1n) is 14.1. The highest BCUT2D eigenvalue weighted by atomic mass is 35.5. The number of amides is 2. The summed E-state index contributed by atoms with van der Waals surface area (Å²) in [6, 6.07) is 9.39. The summed E-state index contributed by atoms with van der Waals surface area (Å²) in [5.41, 5.74) is 2.21. The number of aliphatic carboxylic acids is 1. The lowest BCUT2D eigenvalue weighted by Crippen LogP contribution is -2.40. The van der Waals surface area contributed by atoms with E-state index in [0.29, 0.717) is 31.2 Å². The van der Waals surface area contributed by atoms with Crippen LogP contribution in [0.2, 0.25) is 5.02 Å². The number of carbonyl (C=O) groups excluding carboxylic acids is 2. The number of benzene rings is 2. The van der Waals surface area contributed by atoms with Gasteiger partial charge in [0.2, 0.25) is 5.91 Å². The summed E-state index contributed by atoms with van der Waals surface area (Å²) in [7, 11) is 1.86. The van der Waals surface area contributed by atoms with Gasteiger partial charge in [-0.3, -0.25) is 14.4 Å². The number of carboxylic acids is 1. The number of carbonyl (C=O) groups is 3. The molecule has 2 heterocycles. The van der Waals surface area contributed by atoms with Gasteiger partial charge >= 0.3 is 5.97 Å². The standard InChI is InChI=1S/C31H34ClF2N3O5/c1-17-29(23-5-3-4-6-27(23)36(17)2)30(39)35-26-14-25(34)19(11-24(26)32)12-28(38)37-15-20(33)13-21(37)16-42-22-9-7-18(8-10-22)31(40)41/h3-6,11,14,18,20-22H,7-10,12-13,15-16H2,1-2H3,(H,35,39)(H,40,41)/t18-,20-,21-,22-/m0/s1. The molecule has 1 saturated heterocycles. The average Bonchev–Trinajstić information content (AvgIpc) is 3.46. The van der Waals surface area contributed by atoms with Crippen molar-refractivity contribution in [1.82, 2.24) is 9.47 Å². The van der Waals surface area contributed by atoms with Crippen LogP contribution in [0.1, 0.15) is 53.7 Å². The summed E-state index contributed by atoms with van der Waals surface area (Å²) in [4.78, 5) is 38.9. The van der Waals surface area contributed by atoms with E-state index in [1.54, 1.807) is 0 Å². The van der Waals surface area contributed by atoms with Gasteiger partial charge in [0.15, 0.2) is 0 Å². The fourth-order valence-corrected chi connectivity index (χ4v) is 6.36. The lowest BCUT2D eigenvalue weighted by molar-refractivity contribution is -0.144. The second kappa shape index (κ2) is 12.4. The Bertz CT molecular complexity index is 1520. The Kier molecular flexibility index (Phi) is 8.84. The van der Waals surface area contributed by atoms with Crippen molar-refractivity contribution < 1.29 is 33.0 Å². The Morgan fingerprint density at radius 2 is 1.86 bits per heavy atom. The molecule has 1 aliphatic heterocycles. The number of aromatic nitrogens is 1. The van der Waals surface area contributed by atoms with Crippen LogP contribution in [0.5, 0.6) is 0 Å². The highest BCUT2D eigenvalue weighted by Crippen LogP contribution is 2.31. The molecule has 5 rings (SSSR count). The van der Waals surface area contributed by atoms with Crippen molar-refractivity contribution in [3.63, 3.8) is 0 Å². The summed E-state index contributed by atoms with van der Waals surface area (Å²) in [5, 5.41) is 12.7. The number of para-hydroxylation sites is 1. The third-order valence-corrected chi connectivity index (χ3v) is 8.90. The van der Waals surface area contributed by atoms with Crippen LogP contribution in [0.3, 0.4) is 0 Å². The number of ether oxygens (including phenoxy) is 1. The molecule has 2 aromatic carbocycles. The van der Waals surface area contributed by atoms with Gasteiger partial charge in [-0.1, -0.05) is 29.8 Å². The Morgan fingerprint density at radius 1 is 1.14 bits per heavy atom. The van der Waals surface area contributed by atoms with Gasteiger partial charge in [0.25, 0.3) is 5.91 Å². The SMILES string of the molecule is Cc1c(C(=O)Nc2cc(F)c(CC(=O)N3C[C@@H](F)C[C@H]3CO[C@H]3CC[C@H](C(=O)O)CC3)cc2Cl)c2ccccc2n1C. The number of aryl methyl sites for hydroxylation is 1. The summed E-state index contributed by atoms with van der Waals surface area (Å²) in [5.74, 6) is -2.76. The van der Waals surface area contributed by atoms with Crippen LogP contribution in [-0.2, 0) is 27.8 Å². The molecule has 0 radical (unpaired) electrons. The number of nitrogens with one attached hydrogen (secondary N) is 1. The Hall–Kier alpha value is -3.50. The van der Waals surface area contributed by atoms with Crippen molar-refractivity contribution >= 4 is 46.0 Å². The van der Waals surface area contributed by atoms with E-state index < -0.39 is 35.8 Å². The molecule has 2 N–H and O–H groups in total. The fourth-order valence-electron chi connectivity index (χ4n) is 6.12. The molecule has 224 valence electrons. The molecule has 2 atom stereocenters. The number of nitrogens with zero attached hydrogens (tertiary/aromatic N) is 2. The van der Waals surface area contributed by atoms with Crippen molar-refractivity contribution in [2.45, 2.75) is 63.8 Å². The number of hydrogen-bond acceptors (Lipinski definition) is 4. The van der Waals surface area contributed by atoms with Gasteiger partial charge in [0, 0.05) is 30.1 Å². The first-order chi connectivity index (χ1) is 20.0. The quantitative estimate of drug-likeness (QED) is 0.346. The normalized spacial score (nSPS) is 22.5. The maximum absolute atomic E-state index is 15.2. The highest BCUT2D eigenvalue weighted by molar-refractivity contribution is 6.34. The van der Waals surface area contributed by atoms with Gasteiger partial charge in [-0.15, -0.1) is 0 Å². The van der Waals surface area contributed by atoms with Crippen molar-refractivity contribution in [2.75, 3.05) is 18.5 Å². The molecule has 0 unspecified atom stereocenters.